The summed E-state index contributed by atoms with van der Waals surface area (Å²) in [6.45, 7) is 3.28. The van der Waals surface area contributed by atoms with E-state index in [1.165, 1.54) is 89.9 Å². The van der Waals surface area contributed by atoms with E-state index in [0.29, 0.717) is 6.42 Å². The first-order valence-electron chi connectivity index (χ1n) is 19.1. The molecule has 13 nitrogen and oxygen atoms in total. The normalized spacial score (nSPS) is 22.3. The second-order valence-electron chi connectivity index (χ2n) is 13.5. The van der Waals surface area contributed by atoms with E-state index in [0.717, 1.165) is 38.5 Å². The molecule has 1 saturated heterocycles. The molecule has 1 rings (SSSR count). The fourth-order valence-electron chi connectivity index (χ4n) is 6.04. The summed E-state index contributed by atoms with van der Waals surface area (Å²) in [6, 6.07) is -0.947. The quantitative estimate of drug-likeness (QED) is 0.0219. The van der Waals surface area contributed by atoms with Crippen LogP contribution in [0.3, 0.4) is 0 Å². The standard InChI is InChI=1S/C36H69NO11S.H3N/c1-3-5-7-9-11-13-14-15-16-18-19-21-23-25-30(39)29(37-32(40)26-24-22-20-17-12-10-8-6-4-2)28-46-36-34(42)35(48-49(43,44)45)33(41)31(27-38)47-36;/h23,25,29-31,33-36,38-39,41-42H,3-22,24,26-28H2,1-2H3,(H,37,40)(H,43,44,45);1H3/b25-23+;/t29-,30+,31?,33-,34?,35-,36+;/m0./s1. The van der Waals surface area contributed by atoms with Crippen molar-refractivity contribution in [3.63, 3.8) is 0 Å². The molecule has 0 spiro atoms. The summed E-state index contributed by atoms with van der Waals surface area (Å²) in [6.07, 6.45) is 18.1. The number of rotatable bonds is 31. The van der Waals surface area contributed by atoms with Gasteiger partial charge in [0, 0.05) is 6.42 Å². The van der Waals surface area contributed by atoms with Gasteiger partial charge in [-0.05, 0) is 19.3 Å². The Hall–Kier alpha value is -1.20. The van der Waals surface area contributed by atoms with Gasteiger partial charge in [0.15, 0.2) is 6.29 Å². The van der Waals surface area contributed by atoms with E-state index in [2.05, 4.69) is 23.3 Å². The number of aliphatic hydroxyl groups is 4. The summed E-state index contributed by atoms with van der Waals surface area (Å²) in [7, 11) is -5.32. The predicted octanol–water partition coefficient (Wildman–Crippen LogP) is 5.69. The maximum atomic E-state index is 12.8. The lowest BCUT2D eigenvalue weighted by atomic mass is 9.99. The molecular formula is C36H72N2O11S. The van der Waals surface area contributed by atoms with Gasteiger partial charge in [0.2, 0.25) is 16.3 Å². The van der Waals surface area contributed by atoms with Crippen LogP contribution in [0.2, 0.25) is 0 Å². The molecule has 7 atom stereocenters. The highest BCUT2D eigenvalue weighted by atomic mass is 32.3. The van der Waals surface area contributed by atoms with Crippen LogP contribution in [0.4, 0.5) is 0 Å². The van der Waals surface area contributed by atoms with Crippen molar-refractivity contribution >= 4 is 16.3 Å². The first-order valence-corrected chi connectivity index (χ1v) is 20.4. The predicted molar refractivity (Wildman–Crippen MR) is 194 cm³/mol. The van der Waals surface area contributed by atoms with Gasteiger partial charge in [-0.2, -0.15) is 0 Å². The first-order chi connectivity index (χ1) is 23.5. The summed E-state index contributed by atoms with van der Waals surface area (Å²) in [5.74, 6) is -0.276. The largest absolute Gasteiger partial charge is 0.726 e. The topological polar surface area (TPSA) is 231 Å². The third-order valence-electron chi connectivity index (χ3n) is 9.06. The van der Waals surface area contributed by atoms with Crippen LogP contribution in [-0.4, -0.2) is 95.4 Å². The van der Waals surface area contributed by atoms with Crippen molar-refractivity contribution in [3.8, 4) is 0 Å². The molecule has 50 heavy (non-hydrogen) atoms. The number of unbranched alkanes of at least 4 members (excludes halogenated alkanes) is 19. The molecule has 0 aliphatic carbocycles. The number of carbonyl (C=O) groups is 1. The first kappa shape index (κ1) is 48.8. The fourth-order valence-corrected chi connectivity index (χ4v) is 6.54. The van der Waals surface area contributed by atoms with Crippen LogP contribution in [0.5, 0.6) is 0 Å². The number of amides is 1. The maximum absolute atomic E-state index is 12.8. The number of carbonyl (C=O) groups excluding carboxylic acids is 1. The van der Waals surface area contributed by atoms with E-state index >= 15 is 0 Å². The van der Waals surface area contributed by atoms with Crippen molar-refractivity contribution < 1.29 is 51.8 Å². The Bertz CT molecular complexity index is 956. The highest BCUT2D eigenvalue weighted by molar-refractivity contribution is 7.80. The number of ether oxygens (including phenoxy) is 2. The minimum atomic E-state index is -5.32. The van der Waals surface area contributed by atoms with E-state index in [1.54, 1.807) is 6.08 Å². The molecule has 1 amide bonds. The average Bonchev–Trinajstić information content (AvgIpc) is 3.06. The molecule has 0 radical (unpaired) electrons. The highest BCUT2D eigenvalue weighted by Crippen LogP contribution is 2.26. The highest BCUT2D eigenvalue weighted by Gasteiger charge is 2.47. The van der Waals surface area contributed by atoms with E-state index in [-0.39, 0.29) is 25.1 Å². The number of quaternary nitrogens is 1. The van der Waals surface area contributed by atoms with Gasteiger partial charge in [0.05, 0.1) is 25.4 Å². The number of hydrogen-bond donors (Lipinski definition) is 6. The van der Waals surface area contributed by atoms with Crippen LogP contribution in [0.1, 0.15) is 155 Å². The zero-order valence-electron chi connectivity index (χ0n) is 31.2. The Morgan fingerprint density at radius 3 is 1.78 bits per heavy atom. The lowest BCUT2D eigenvalue weighted by molar-refractivity contribution is -0.298. The van der Waals surface area contributed by atoms with Crippen molar-refractivity contribution in [3.05, 3.63) is 12.2 Å². The molecule has 0 bridgehead atoms. The summed E-state index contributed by atoms with van der Waals surface area (Å²) < 4.78 is 49.0. The van der Waals surface area contributed by atoms with Gasteiger partial charge in [-0.25, -0.2) is 8.42 Å². The smallest absolute Gasteiger partial charge is 0.220 e. The van der Waals surface area contributed by atoms with Gasteiger partial charge < -0.3 is 45.9 Å². The molecule has 0 aromatic heterocycles. The van der Waals surface area contributed by atoms with E-state index in [1.807, 2.05) is 6.08 Å². The van der Waals surface area contributed by atoms with Crippen molar-refractivity contribution in [2.75, 3.05) is 13.2 Å². The molecule has 9 N–H and O–H groups in total. The molecule has 14 heteroatoms. The molecule has 1 fully saturated rings. The van der Waals surface area contributed by atoms with Gasteiger partial charge in [-0.15, -0.1) is 0 Å². The lowest BCUT2D eigenvalue weighted by Crippen LogP contribution is -2.61. The summed E-state index contributed by atoms with van der Waals surface area (Å²) in [5.41, 5.74) is 0. The van der Waals surface area contributed by atoms with Crippen molar-refractivity contribution in [2.24, 2.45) is 0 Å². The van der Waals surface area contributed by atoms with Crippen LogP contribution in [0.15, 0.2) is 12.2 Å². The Balaban J connectivity index is 0.0000240. The summed E-state index contributed by atoms with van der Waals surface area (Å²) in [4.78, 5) is 12.8. The van der Waals surface area contributed by atoms with E-state index in [9.17, 15) is 38.2 Å². The van der Waals surface area contributed by atoms with Crippen LogP contribution in [0, 0.1) is 0 Å². The number of hydrogen-bond acceptors (Lipinski definition) is 11. The summed E-state index contributed by atoms with van der Waals surface area (Å²) in [5, 5.41) is 44.3. The van der Waals surface area contributed by atoms with Crippen LogP contribution >= 0.6 is 0 Å². The SMILES string of the molecule is CCCCCCCCCCCCC/C=C/[C@@H](O)[C@H](CO[C@@H]1OC(CO)[C@H](O)[C@H](OS(=O)(=O)[O-])C1O)NC(=O)CCCCCCCCCCC.[NH4+]. The van der Waals surface area contributed by atoms with E-state index < -0.39 is 59.9 Å². The number of aliphatic hydroxyl groups excluding tert-OH is 4. The minimum Gasteiger partial charge on any atom is -0.726 e. The molecule has 2 unspecified atom stereocenters. The Kier molecular flexibility index (Phi) is 29.6. The van der Waals surface area contributed by atoms with Crippen molar-refractivity contribution in [2.45, 2.75) is 198 Å². The van der Waals surface area contributed by atoms with Crippen molar-refractivity contribution in [1.29, 1.82) is 0 Å². The van der Waals surface area contributed by atoms with Gasteiger partial charge in [-0.1, -0.05) is 142 Å². The van der Waals surface area contributed by atoms with Crippen LogP contribution in [-0.2, 0) is 28.9 Å². The Morgan fingerprint density at radius 2 is 1.30 bits per heavy atom. The van der Waals surface area contributed by atoms with Gasteiger partial charge in [0.1, 0.15) is 24.4 Å². The Morgan fingerprint density at radius 1 is 0.820 bits per heavy atom. The molecule has 0 saturated carbocycles. The third-order valence-corrected chi connectivity index (χ3v) is 9.52. The third kappa shape index (κ3) is 23.4. The van der Waals surface area contributed by atoms with E-state index in [4.69, 9.17) is 9.47 Å². The molecule has 0 aromatic carbocycles. The lowest BCUT2D eigenvalue weighted by Gasteiger charge is -2.42. The summed E-state index contributed by atoms with van der Waals surface area (Å²) >= 11 is 0. The average molecular weight is 741 g/mol. The number of allylic oxidation sites excluding steroid dienone is 1. The van der Waals surface area contributed by atoms with Gasteiger partial charge in [0.25, 0.3) is 0 Å². The van der Waals surface area contributed by atoms with Gasteiger partial charge >= 0.3 is 0 Å². The molecular weight excluding hydrogens is 668 g/mol. The monoisotopic (exact) mass is 740 g/mol. The van der Waals surface area contributed by atoms with Crippen LogP contribution < -0.4 is 11.5 Å². The minimum absolute atomic E-state index is 0. The zero-order valence-corrected chi connectivity index (χ0v) is 32.0. The maximum Gasteiger partial charge on any atom is 0.220 e. The fraction of sp³-hybridized carbons (Fsp3) is 0.917. The van der Waals surface area contributed by atoms with Gasteiger partial charge in [-0.3, -0.25) is 8.98 Å². The molecule has 0 aromatic rings. The Labute approximate surface area is 302 Å². The second kappa shape index (κ2) is 30.3. The molecule has 298 valence electrons. The molecule has 1 aliphatic heterocycles. The second-order valence-corrected chi connectivity index (χ2v) is 14.5. The van der Waals surface area contributed by atoms with Crippen LogP contribution in [0.25, 0.3) is 0 Å². The molecule has 1 aliphatic rings. The molecule has 1 heterocycles. The number of nitrogens with one attached hydrogen (secondary N) is 1. The zero-order chi connectivity index (χ0) is 36.3. The van der Waals surface area contributed by atoms with Crippen molar-refractivity contribution in [1.82, 2.24) is 11.5 Å².